The van der Waals surface area contributed by atoms with Gasteiger partial charge in [0.15, 0.2) is 5.65 Å². The van der Waals surface area contributed by atoms with Crippen molar-refractivity contribution in [2.24, 2.45) is 0 Å². The van der Waals surface area contributed by atoms with Crippen LogP contribution in [0, 0.1) is 0 Å². The van der Waals surface area contributed by atoms with Crippen molar-refractivity contribution in [3.8, 4) is 0 Å². The molecule has 0 N–H and O–H groups in total. The van der Waals surface area contributed by atoms with Gasteiger partial charge in [-0.25, -0.2) is 9.97 Å². The molecule has 0 bridgehead atoms. The molecule has 1 aliphatic rings. The first-order chi connectivity index (χ1) is 13.4. The Kier molecular flexibility index (Phi) is 4.56. The zero-order valence-corrected chi connectivity index (χ0v) is 15.3. The van der Waals surface area contributed by atoms with Gasteiger partial charge < -0.3 is 9.47 Å². The van der Waals surface area contributed by atoms with E-state index in [1.165, 1.54) is 12.1 Å². The molecule has 1 aromatic carbocycles. The second kappa shape index (κ2) is 6.92. The summed E-state index contributed by atoms with van der Waals surface area (Å²) in [5.74, 6) is 0.722. The van der Waals surface area contributed by atoms with Gasteiger partial charge in [0.25, 0.3) is 5.91 Å². The lowest BCUT2D eigenvalue weighted by Gasteiger charge is -2.17. The van der Waals surface area contributed by atoms with Gasteiger partial charge in [-0.05, 0) is 49.7 Å². The van der Waals surface area contributed by atoms with E-state index >= 15 is 0 Å². The Bertz CT molecular complexity index is 1010. The zero-order valence-electron chi connectivity index (χ0n) is 15.3. The maximum absolute atomic E-state index is 12.7. The first kappa shape index (κ1) is 18.5. The van der Waals surface area contributed by atoms with Crippen LogP contribution in [0.3, 0.4) is 0 Å². The van der Waals surface area contributed by atoms with Crippen LogP contribution in [0.5, 0.6) is 0 Å². The fraction of sp³-hybridized carbons (Fsp3) is 0.350. The summed E-state index contributed by atoms with van der Waals surface area (Å²) in [7, 11) is 0. The third-order valence-corrected chi connectivity index (χ3v) is 5.15. The van der Waals surface area contributed by atoms with Crippen molar-refractivity contribution in [1.82, 2.24) is 19.4 Å². The topological polar surface area (TPSA) is 51.0 Å². The molecule has 2 aromatic heterocycles. The summed E-state index contributed by atoms with van der Waals surface area (Å²) in [6.07, 6.45) is -1.92. The molecule has 3 aromatic rings. The molecule has 0 unspecified atom stereocenters. The summed E-state index contributed by atoms with van der Waals surface area (Å²) in [5.41, 5.74) is 1.16. The van der Waals surface area contributed by atoms with Crippen LogP contribution in [0.25, 0.3) is 11.2 Å². The highest BCUT2D eigenvalue weighted by Crippen LogP contribution is 2.31. The molecule has 8 heteroatoms. The van der Waals surface area contributed by atoms with E-state index in [4.69, 9.17) is 4.98 Å². The molecule has 1 atom stereocenters. The van der Waals surface area contributed by atoms with Gasteiger partial charge in [-0.15, -0.1) is 0 Å². The molecule has 0 spiro atoms. The van der Waals surface area contributed by atoms with Gasteiger partial charge >= 0.3 is 6.18 Å². The van der Waals surface area contributed by atoms with Gasteiger partial charge in [0.2, 0.25) is 0 Å². The van der Waals surface area contributed by atoms with Gasteiger partial charge in [0, 0.05) is 37.3 Å². The Hall–Kier alpha value is -2.90. The quantitative estimate of drug-likeness (QED) is 0.679. The van der Waals surface area contributed by atoms with E-state index in [-0.39, 0.29) is 17.4 Å². The average Bonchev–Trinajstić information content (AvgIpc) is 3.31. The number of aryl methyl sites for hydroxylation is 1. The largest absolute Gasteiger partial charge is 0.416 e. The Morgan fingerprint density at radius 1 is 1.21 bits per heavy atom. The average molecular weight is 388 g/mol. The zero-order chi connectivity index (χ0) is 19.9. The van der Waals surface area contributed by atoms with Crippen LogP contribution < -0.4 is 0 Å². The molecular formula is C20H19F3N4O. The number of carbonyl (C=O) groups excluding carboxylic acids is 1. The normalized spacial score (nSPS) is 17.4. The highest BCUT2D eigenvalue weighted by atomic mass is 19.4. The number of imidazole rings is 1. The number of halogens is 3. The number of aromatic nitrogens is 3. The van der Waals surface area contributed by atoms with Crippen LogP contribution >= 0.6 is 0 Å². The third-order valence-electron chi connectivity index (χ3n) is 5.15. The molecule has 0 saturated carbocycles. The van der Waals surface area contributed by atoms with E-state index in [0.717, 1.165) is 42.1 Å². The van der Waals surface area contributed by atoms with E-state index in [2.05, 4.69) is 9.55 Å². The number of likely N-dealkylation sites (tertiary alicyclic amines) is 1. The van der Waals surface area contributed by atoms with Crippen LogP contribution in [0.2, 0.25) is 0 Å². The standard InChI is InChI=1S/C20H19F3N4O/c1-2-27-17(25-16-4-3-10-24-18(16)27)14-9-11-26(12-14)19(28)13-5-7-15(8-6-13)20(21,22)23/h3-8,10,14H,2,9,11-12H2,1H3/t14-/m0/s1. The number of hydrogen-bond donors (Lipinski definition) is 0. The lowest BCUT2D eigenvalue weighted by atomic mass is 10.1. The summed E-state index contributed by atoms with van der Waals surface area (Å²) < 4.78 is 40.2. The number of pyridine rings is 1. The molecule has 4 rings (SSSR count). The van der Waals surface area contributed by atoms with Crippen molar-refractivity contribution < 1.29 is 18.0 Å². The fourth-order valence-electron chi connectivity index (χ4n) is 3.74. The number of nitrogens with zero attached hydrogens (tertiary/aromatic N) is 4. The van der Waals surface area contributed by atoms with Gasteiger partial charge in [-0.3, -0.25) is 4.79 Å². The molecule has 0 aliphatic carbocycles. The molecule has 1 saturated heterocycles. The Morgan fingerprint density at radius 2 is 1.96 bits per heavy atom. The van der Waals surface area contributed by atoms with Crippen LogP contribution in [0.4, 0.5) is 13.2 Å². The van der Waals surface area contributed by atoms with Gasteiger partial charge in [-0.1, -0.05) is 0 Å². The first-order valence-corrected chi connectivity index (χ1v) is 9.16. The van der Waals surface area contributed by atoms with Crippen molar-refractivity contribution >= 4 is 17.1 Å². The van der Waals surface area contributed by atoms with E-state index in [1.807, 2.05) is 19.1 Å². The van der Waals surface area contributed by atoms with Crippen LogP contribution in [0.1, 0.15) is 41.0 Å². The number of hydrogen-bond acceptors (Lipinski definition) is 3. The van der Waals surface area contributed by atoms with E-state index < -0.39 is 11.7 Å². The van der Waals surface area contributed by atoms with Crippen molar-refractivity contribution in [2.75, 3.05) is 13.1 Å². The number of amides is 1. The summed E-state index contributed by atoms with van der Waals surface area (Å²) in [5, 5.41) is 0. The number of fused-ring (bicyclic) bond motifs is 1. The van der Waals surface area contributed by atoms with Crippen LogP contribution in [0.15, 0.2) is 42.6 Å². The molecule has 28 heavy (non-hydrogen) atoms. The van der Waals surface area contributed by atoms with E-state index in [1.54, 1.807) is 11.1 Å². The minimum atomic E-state index is -4.41. The van der Waals surface area contributed by atoms with Crippen molar-refractivity contribution in [1.29, 1.82) is 0 Å². The predicted octanol–water partition coefficient (Wildman–Crippen LogP) is 4.10. The Balaban J connectivity index is 1.53. The first-order valence-electron chi connectivity index (χ1n) is 9.16. The van der Waals surface area contributed by atoms with Crippen molar-refractivity contribution in [3.05, 3.63) is 59.5 Å². The maximum Gasteiger partial charge on any atom is 0.416 e. The van der Waals surface area contributed by atoms with Gasteiger partial charge in [0.05, 0.1) is 5.56 Å². The van der Waals surface area contributed by atoms with Crippen molar-refractivity contribution in [3.63, 3.8) is 0 Å². The molecule has 1 fully saturated rings. The highest BCUT2D eigenvalue weighted by molar-refractivity contribution is 5.94. The van der Waals surface area contributed by atoms with Crippen LogP contribution in [-0.2, 0) is 12.7 Å². The predicted molar refractivity (Wildman–Crippen MR) is 97.9 cm³/mol. The lowest BCUT2D eigenvalue weighted by molar-refractivity contribution is -0.137. The second-order valence-corrected chi connectivity index (χ2v) is 6.87. The summed E-state index contributed by atoms with van der Waals surface area (Å²) in [6.45, 7) is 3.79. The lowest BCUT2D eigenvalue weighted by Crippen LogP contribution is -2.28. The minimum absolute atomic E-state index is 0.0764. The Morgan fingerprint density at radius 3 is 2.64 bits per heavy atom. The second-order valence-electron chi connectivity index (χ2n) is 6.87. The highest BCUT2D eigenvalue weighted by Gasteiger charge is 2.33. The Labute approximate surface area is 159 Å². The number of carbonyl (C=O) groups is 1. The van der Waals surface area contributed by atoms with Gasteiger partial charge in [-0.2, -0.15) is 13.2 Å². The minimum Gasteiger partial charge on any atom is -0.338 e. The van der Waals surface area contributed by atoms with Crippen molar-refractivity contribution in [2.45, 2.75) is 32.0 Å². The summed E-state index contributed by atoms with van der Waals surface area (Å²) >= 11 is 0. The monoisotopic (exact) mass is 388 g/mol. The van der Waals surface area contributed by atoms with E-state index in [0.29, 0.717) is 13.1 Å². The molecule has 5 nitrogen and oxygen atoms in total. The third kappa shape index (κ3) is 3.23. The molecule has 3 heterocycles. The van der Waals surface area contributed by atoms with E-state index in [9.17, 15) is 18.0 Å². The molecule has 1 aliphatic heterocycles. The SMILES string of the molecule is CCn1c([C@H]2CCN(C(=O)c3ccc(C(F)(F)F)cc3)C2)nc2cccnc21. The molecule has 1 amide bonds. The summed E-state index contributed by atoms with van der Waals surface area (Å²) in [6, 6.07) is 8.13. The summed E-state index contributed by atoms with van der Waals surface area (Å²) in [4.78, 5) is 23.5. The number of rotatable bonds is 3. The molecule has 146 valence electrons. The van der Waals surface area contributed by atoms with Gasteiger partial charge in [0.1, 0.15) is 11.3 Å². The fourth-order valence-corrected chi connectivity index (χ4v) is 3.74. The van der Waals surface area contributed by atoms with Crippen LogP contribution in [-0.4, -0.2) is 38.4 Å². The number of benzene rings is 1. The molecular weight excluding hydrogens is 369 g/mol. The molecule has 0 radical (unpaired) electrons. The number of alkyl halides is 3. The maximum atomic E-state index is 12.7. The smallest absolute Gasteiger partial charge is 0.338 e.